The Morgan fingerprint density at radius 3 is 2.74 bits per heavy atom. The molecule has 2 N–H and O–H groups in total. The first-order valence-corrected chi connectivity index (χ1v) is 8.15. The Hall–Kier alpha value is -0.830. The number of nitrogen functional groups attached to an aromatic ring is 1. The van der Waals surface area contributed by atoms with Crippen molar-refractivity contribution in [3.8, 4) is 5.75 Å². The van der Waals surface area contributed by atoms with Crippen LogP contribution in [0.5, 0.6) is 5.75 Å². The second kappa shape index (κ2) is 6.56. The van der Waals surface area contributed by atoms with Crippen LogP contribution in [0.2, 0.25) is 0 Å². The molecule has 0 aliphatic heterocycles. The van der Waals surface area contributed by atoms with Crippen LogP contribution in [-0.4, -0.2) is 11.4 Å². The van der Waals surface area contributed by atoms with E-state index in [0.29, 0.717) is 0 Å². The van der Waals surface area contributed by atoms with Crippen LogP contribution in [0.15, 0.2) is 23.1 Å². The third kappa shape index (κ3) is 4.64. The van der Waals surface area contributed by atoms with Gasteiger partial charge in [0.05, 0.1) is 6.10 Å². The molecule has 106 valence electrons. The first-order valence-electron chi connectivity index (χ1n) is 7.27. The van der Waals surface area contributed by atoms with Gasteiger partial charge in [-0.15, -0.1) is 11.8 Å². The molecule has 3 heteroatoms. The summed E-state index contributed by atoms with van der Waals surface area (Å²) in [5.74, 6) is 1.75. The molecule has 0 amide bonds. The summed E-state index contributed by atoms with van der Waals surface area (Å²) < 4.78 is 5.75. The summed E-state index contributed by atoms with van der Waals surface area (Å²) in [5, 5.41) is 0.734. The molecule has 0 heterocycles. The normalized spacial score (nSPS) is 23.6. The van der Waals surface area contributed by atoms with E-state index in [1.807, 2.05) is 31.7 Å². The molecule has 0 bridgehead atoms. The van der Waals surface area contributed by atoms with E-state index in [-0.39, 0.29) is 6.10 Å². The van der Waals surface area contributed by atoms with Gasteiger partial charge in [-0.25, -0.2) is 0 Å². The molecule has 1 aliphatic rings. The molecular formula is C16H25NOS. The van der Waals surface area contributed by atoms with E-state index in [1.54, 1.807) is 0 Å². The lowest BCUT2D eigenvalue weighted by molar-refractivity contribution is 0.242. The van der Waals surface area contributed by atoms with Crippen LogP contribution in [-0.2, 0) is 0 Å². The highest BCUT2D eigenvalue weighted by molar-refractivity contribution is 8.00. The smallest absolute Gasteiger partial charge is 0.122 e. The van der Waals surface area contributed by atoms with Crippen molar-refractivity contribution in [3.05, 3.63) is 18.2 Å². The third-order valence-electron chi connectivity index (χ3n) is 3.47. The summed E-state index contributed by atoms with van der Waals surface area (Å²) in [6.45, 7) is 6.44. The maximum atomic E-state index is 5.97. The molecule has 1 fully saturated rings. The maximum absolute atomic E-state index is 5.97. The zero-order chi connectivity index (χ0) is 13.8. The van der Waals surface area contributed by atoms with Crippen LogP contribution in [0.25, 0.3) is 0 Å². The minimum absolute atomic E-state index is 0.189. The Morgan fingerprint density at radius 2 is 2.05 bits per heavy atom. The summed E-state index contributed by atoms with van der Waals surface area (Å²) in [6, 6.07) is 6.10. The van der Waals surface area contributed by atoms with E-state index in [1.165, 1.54) is 30.6 Å². The molecule has 2 unspecified atom stereocenters. The Kier molecular flexibility index (Phi) is 5.03. The van der Waals surface area contributed by atoms with Crippen LogP contribution in [0.4, 0.5) is 5.69 Å². The lowest BCUT2D eigenvalue weighted by atomic mass is 9.91. The van der Waals surface area contributed by atoms with E-state index in [0.717, 1.165) is 22.6 Å². The van der Waals surface area contributed by atoms with E-state index in [9.17, 15) is 0 Å². The van der Waals surface area contributed by atoms with Crippen LogP contribution >= 0.6 is 11.8 Å². The molecule has 0 spiro atoms. The summed E-state index contributed by atoms with van der Waals surface area (Å²) >= 11 is 1.96. The molecule has 0 radical (unpaired) electrons. The van der Waals surface area contributed by atoms with Gasteiger partial charge >= 0.3 is 0 Å². The molecule has 2 atom stereocenters. The predicted octanol–water partition coefficient (Wildman–Crippen LogP) is 4.73. The van der Waals surface area contributed by atoms with Crippen molar-refractivity contribution in [1.82, 2.24) is 0 Å². The van der Waals surface area contributed by atoms with Crippen molar-refractivity contribution < 1.29 is 4.74 Å². The first kappa shape index (κ1) is 14.6. The average molecular weight is 279 g/mol. The average Bonchev–Trinajstić information content (AvgIpc) is 2.26. The standard InChI is InChI=1S/C16H25NOS/c1-11(2)18-14-8-13(17)9-16(10-14)19-15-6-4-5-12(3)7-15/h8-12,15H,4-7,17H2,1-3H3. The Morgan fingerprint density at radius 1 is 1.26 bits per heavy atom. The van der Waals surface area contributed by atoms with Crippen molar-refractivity contribution in [3.63, 3.8) is 0 Å². The predicted molar refractivity (Wildman–Crippen MR) is 83.9 cm³/mol. The second-order valence-corrected chi connectivity index (χ2v) is 7.29. The van der Waals surface area contributed by atoms with Gasteiger partial charge in [0.25, 0.3) is 0 Å². The fraction of sp³-hybridized carbons (Fsp3) is 0.625. The number of thioether (sulfide) groups is 1. The van der Waals surface area contributed by atoms with Crippen molar-refractivity contribution >= 4 is 17.4 Å². The first-order chi connectivity index (χ1) is 9.02. The summed E-state index contributed by atoms with van der Waals surface area (Å²) in [5.41, 5.74) is 6.77. The van der Waals surface area contributed by atoms with Crippen molar-refractivity contribution in [2.75, 3.05) is 5.73 Å². The quantitative estimate of drug-likeness (QED) is 0.809. The van der Waals surface area contributed by atoms with Gasteiger partial charge in [-0.2, -0.15) is 0 Å². The van der Waals surface area contributed by atoms with Gasteiger partial charge in [-0.3, -0.25) is 0 Å². The third-order valence-corrected chi connectivity index (χ3v) is 4.73. The van der Waals surface area contributed by atoms with Gasteiger partial charge in [0, 0.05) is 21.9 Å². The molecule has 1 aromatic rings. The fourth-order valence-corrected chi connectivity index (χ4v) is 4.16. The van der Waals surface area contributed by atoms with Crippen molar-refractivity contribution in [2.24, 2.45) is 5.92 Å². The Balaban J connectivity index is 2.04. The number of anilines is 1. The minimum Gasteiger partial charge on any atom is -0.491 e. The number of hydrogen-bond donors (Lipinski definition) is 1. The molecule has 0 aromatic heterocycles. The van der Waals surface area contributed by atoms with Crippen LogP contribution < -0.4 is 10.5 Å². The Bertz CT molecular complexity index is 419. The molecular weight excluding hydrogens is 254 g/mol. The highest BCUT2D eigenvalue weighted by atomic mass is 32.2. The fourth-order valence-electron chi connectivity index (χ4n) is 2.68. The molecule has 1 aromatic carbocycles. The number of benzene rings is 1. The Labute approximate surface area is 121 Å². The lowest BCUT2D eigenvalue weighted by Crippen LogP contribution is -2.14. The van der Waals surface area contributed by atoms with Gasteiger partial charge in [-0.1, -0.05) is 19.8 Å². The molecule has 0 saturated heterocycles. The van der Waals surface area contributed by atoms with Crippen molar-refractivity contribution in [2.45, 2.75) is 62.7 Å². The number of nitrogens with two attached hydrogens (primary N) is 1. The topological polar surface area (TPSA) is 35.2 Å². The maximum Gasteiger partial charge on any atom is 0.122 e. The highest BCUT2D eigenvalue weighted by Crippen LogP contribution is 2.38. The van der Waals surface area contributed by atoms with Crippen LogP contribution in [0.3, 0.4) is 0 Å². The van der Waals surface area contributed by atoms with E-state index in [4.69, 9.17) is 10.5 Å². The van der Waals surface area contributed by atoms with E-state index in [2.05, 4.69) is 19.1 Å². The number of hydrogen-bond acceptors (Lipinski definition) is 3. The van der Waals surface area contributed by atoms with Crippen molar-refractivity contribution in [1.29, 1.82) is 0 Å². The van der Waals surface area contributed by atoms with Gasteiger partial charge in [0.1, 0.15) is 5.75 Å². The van der Waals surface area contributed by atoms with Crippen LogP contribution in [0.1, 0.15) is 46.5 Å². The highest BCUT2D eigenvalue weighted by Gasteiger charge is 2.20. The monoisotopic (exact) mass is 279 g/mol. The van der Waals surface area contributed by atoms with Crippen LogP contribution in [0, 0.1) is 5.92 Å². The summed E-state index contributed by atoms with van der Waals surface area (Å²) in [4.78, 5) is 1.25. The molecule has 2 nitrogen and oxygen atoms in total. The second-order valence-electron chi connectivity index (χ2n) is 5.92. The molecule has 1 saturated carbocycles. The SMILES string of the molecule is CC1CCCC(Sc2cc(N)cc(OC(C)C)c2)C1. The molecule has 2 rings (SSSR count). The van der Waals surface area contributed by atoms with E-state index < -0.39 is 0 Å². The lowest BCUT2D eigenvalue weighted by Gasteiger charge is -2.26. The minimum atomic E-state index is 0.189. The summed E-state index contributed by atoms with van der Waals surface area (Å²) in [7, 11) is 0. The molecule has 19 heavy (non-hydrogen) atoms. The van der Waals surface area contributed by atoms with Gasteiger partial charge in [-0.05, 0) is 44.7 Å². The number of ether oxygens (including phenoxy) is 1. The van der Waals surface area contributed by atoms with Gasteiger partial charge in [0.2, 0.25) is 0 Å². The van der Waals surface area contributed by atoms with Gasteiger partial charge < -0.3 is 10.5 Å². The molecule has 1 aliphatic carbocycles. The zero-order valence-corrected chi connectivity index (χ0v) is 13.0. The van der Waals surface area contributed by atoms with E-state index >= 15 is 0 Å². The van der Waals surface area contributed by atoms with Gasteiger partial charge in [0.15, 0.2) is 0 Å². The zero-order valence-electron chi connectivity index (χ0n) is 12.2. The number of rotatable bonds is 4. The largest absolute Gasteiger partial charge is 0.491 e. The summed E-state index contributed by atoms with van der Waals surface area (Å²) in [6.07, 6.45) is 5.57.